The number of hydrogen-bond acceptors (Lipinski definition) is 3. The molecule has 1 aliphatic carbocycles. The quantitative estimate of drug-likeness (QED) is 0.192. The summed E-state index contributed by atoms with van der Waals surface area (Å²) in [5, 5.41) is 1.97. The van der Waals surface area contributed by atoms with Crippen LogP contribution in [0.15, 0.2) is 170 Å². The fourth-order valence-corrected chi connectivity index (χ4v) is 8.30. The summed E-state index contributed by atoms with van der Waals surface area (Å²) in [6.07, 6.45) is 1.87. The van der Waals surface area contributed by atoms with E-state index in [1.54, 1.807) is 0 Å². The third-order valence-corrected chi connectivity index (χ3v) is 10.6. The van der Waals surface area contributed by atoms with Gasteiger partial charge in [0.05, 0.1) is 11.4 Å². The molecule has 0 saturated carbocycles. The van der Waals surface area contributed by atoms with Gasteiger partial charge in [0, 0.05) is 35.3 Å². The molecule has 3 nitrogen and oxygen atoms in total. The van der Waals surface area contributed by atoms with Gasteiger partial charge in [0.1, 0.15) is 0 Å². The molecule has 10 rings (SSSR count). The fourth-order valence-electron chi connectivity index (χ4n) is 8.30. The van der Waals surface area contributed by atoms with E-state index < -0.39 is 0 Å². The molecule has 0 bridgehead atoms. The van der Waals surface area contributed by atoms with E-state index in [1.165, 1.54) is 61.4 Å². The van der Waals surface area contributed by atoms with Gasteiger partial charge in [-0.15, -0.1) is 0 Å². The molecule has 49 heavy (non-hydrogen) atoms. The minimum atomic E-state index is 0.370. The Morgan fingerprint density at radius 3 is 1.80 bits per heavy atom. The lowest BCUT2D eigenvalue weighted by molar-refractivity contribution is 0.324. The van der Waals surface area contributed by atoms with Crippen LogP contribution in [0.2, 0.25) is 0 Å². The first kappa shape index (κ1) is 28.0. The average molecular weight is 631 g/mol. The summed E-state index contributed by atoms with van der Waals surface area (Å²) in [7, 11) is 0. The maximum Gasteiger partial charge on any atom is 0.159 e. The molecule has 2 unspecified atom stereocenters. The summed E-state index contributed by atoms with van der Waals surface area (Å²) in [5.41, 5.74) is 16.4. The molecule has 3 aliphatic rings. The van der Waals surface area contributed by atoms with Crippen molar-refractivity contribution >= 4 is 22.7 Å². The van der Waals surface area contributed by atoms with Gasteiger partial charge in [-0.05, 0) is 106 Å². The minimum absolute atomic E-state index is 0.370. The summed E-state index contributed by atoms with van der Waals surface area (Å²) in [4.78, 5) is 9.10. The van der Waals surface area contributed by atoms with Gasteiger partial charge in [0.25, 0.3) is 0 Å². The monoisotopic (exact) mass is 630 g/mol. The minimum Gasteiger partial charge on any atom is -0.374 e. The Morgan fingerprint density at radius 1 is 0.449 bits per heavy atom. The number of para-hydroxylation sites is 3. The molecule has 0 aromatic heterocycles. The lowest BCUT2D eigenvalue weighted by atomic mass is 9.90. The molecule has 2 atom stereocenters. The maximum absolute atomic E-state index is 6.52. The maximum atomic E-state index is 6.52. The van der Waals surface area contributed by atoms with Crippen LogP contribution < -0.4 is 14.8 Å². The van der Waals surface area contributed by atoms with E-state index in [9.17, 15) is 0 Å². The van der Waals surface area contributed by atoms with Crippen molar-refractivity contribution < 1.29 is 4.84 Å². The molecular weight excluding hydrogens is 597 g/mol. The van der Waals surface area contributed by atoms with Crippen molar-refractivity contribution in [1.82, 2.24) is 0 Å². The lowest BCUT2D eigenvalue weighted by Crippen LogP contribution is -2.28. The number of fused-ring (bicyclic) bond motifs is 7. The van der Waals surface area contributed by atoms with Crippen molar-refractivity contribution in [2.24, 2.45) is 0 Å². The molecule has 3 heteroatoms. The van der Waals surface area contributed by atoms with Crippen molar-refractivity contribution in [1.29, 1.82) is 0 Å². The molecule has 234 valence electrons. The zero-order valence-electron chi connectivity index (χ0n) is 27.0. The second kappa shape index (κ2) is 11.3. The summed E-state index contributed by atoms with van der Waals surface area (Å²) < 4.78 is 0. The standard InChI is InChI=1S/C46H34N2O/c1-3-13-38(14-4-1)47-43-26-24-34(29-41(43)46-40-17-9-7-11-35(40)30-44(46)47)32-21-19-31(20-22-32)33-23-25-42-37(27-33)28-36-12-8-10-18-45(36)49-48(42)39-15-5-2-6-16-39/h1-27,29,44,46H,28,30H2. The van der Waals surface area contributed by atoms with Crippen LogP contribution >= 0.6 is 0 Å². The van der Waals surface area contributed by atoms with Crippen LogP contribution in [0.3, 0.4) is 0 Å². The van der Waals surface area contributed by atoms with Crippen LogP contribution in [0.4, 0.5) is 22.7 Å². The van der Waals surface area contributed by atoms with Crippen LogP contribution in [-0.2, 0) is 12.8 Å². The first-order chi connectivity index (χ1) is 24.3. The molecule has 7 aromatic rings. The van der Waals surface area contributed by atoms with Gasteiger partial charge in [-0.2, -0.15) is 5.06 Å². The van der Waals surface area contributed by atoms with Crippen molar-refractivity contribution in [3.8, 4) is 28.0 Å². The Labute approximate surface area is 287 Å². The van der Waals surface area contributed by atoms with Crippen LogP contribution in [0.25, 0.3) is 22.3 Å². The van der Waals surface area contributed by atoms with E-state index >= 15 is 0 Å². The van der Waals surface area contributed by atoms with Crippen molar-refractivity contribution in [2.45, 2.75) is 24.8 Å². The van der Waals surface area contributed by atoms with E-state index in [2.05, 4.69) is 163 Å². The van der Waals surface area contributed by atoms with Crippen molar-refractivity contribution in [3.05, 3.63) is 198 Å². The zero-order chi connectivity index (χ0) is 32.3. The van der Waals surface area contributed by atoms with Gasteiger partial charge in [0.2, 0.25) is 0 Å². The molecule has 7 aromatic carbocycles. The second-order valence-corrected chi connectivity index (χ2v) is 13.4. The van der Waals surface area contributed by atoms with Crippen LogP contribution in [0.1, 0.15) is 33.7 Å². The number of benzene rings is 7. The first-order valence-electron chi connectivity index (χ1n) is 17.2. The third-order valence-electron chi connectivity index (χ3n) is 10.6. The molecule has 0 N–H and O–H groups in total. The van der Waals surface area contributed by atoms with Crippen molar-refractivity contribution in [3.63, 3.8) is 0 Å². The van der Waals surface area contributed by atoms with E-state index in [-0.39, 0.29) is 0 Å². The Morgan fingerprint density at radius 2 is 1.04 bits per heavy atom. The Hall–Kier alpha value is -6.06. The van der Waals surface area contributed by atoms with E-state index in [4.69, 9.17) is 4.84 Å². The Balaban J connectivity index is 1.00. The lowest BCUT2D eigenvalue weighted by Gasteiger charge is -2.27. The smallest absolute Gasteiger partial charge is 0.159 e. The van der Waals surface area contributed by atoms with Gasteiger partial charge < -0.3 is 9.74 Å². The topological polar surface area (TPSA) is 15.7 Å². The molecule has 0 spiro atoms. The summed E-state index contributed by atoms with van der Waals surface area (Å²) >= 11 is 0. The number of rotatable bonds is 4. The van der Waals surface area contributed by atoms with Gasteiger partial charge in [-0.3, -0.25) is 0 Å². The van der Waals surface area contributed by atoms with E-state index in [1.807, 2.05) is 17.2 Å². The highest BCUT2D eigenvalue weighted by Gasteiger charge is 2.45. The van der Waals surface area contributed by atoms with E-state index in [0.29, 0.717) is 12.0 Å². The Kier molecular flexibility index (Phi) is 6.45. The number of anilines is 4. The zero-order valence-corrected chi connectivity index (χ0v) is 27.0. The van der Waals surface area contributed by atoms with Gasteiger partial charge in [0.15, 0.2) is 5.75 Å². The summed E-state index contributed by atoms with van der Waals surface area (Å²) in [6, 6.07) is 61.9. The molecule has 0 amide bonds. The van der Waals surface area contributed by atoms with E-state index in [0.717, 1.165) is 30.0 Å². The average Bonchev–Trinajstić information content (AvgIpc) is 3.63. The molecule has 0 saturated heterocycles. The highest BCUT2D eigenvalue weighted by Crippen LogP contribution is 2.54. The SMILES string of the molecule is c1ccc(N2Oc3ccccc3Cc3cc(-c4ccc(-c5ccc6c(c5)C5c7ccccc7CC5N6c5ccccc5)cc4)ccc32)cc1. The largest absolute Gasteiger partial charge is 0.374 e. The number of nitrogens with zero attached hydrogens (tertiary/aromatic N) is 2. The normalized spacial score (nSPS) is 16.9. The summed E-state index contributed by atoms with van der Waals surface area (Å²) in [6.45, 7) is 0. The Bertz CT molecular complexity index is 2330. The third kappa shape index (κ3) is 4.65. The predicted molar refractivity (Wildman–Crippen MR) is 200 cm³/mol. The first-order valence-corrected chi connectivity index (χ1v) is 17.2. The van der Waals surface area contributed by atoms with Crippen LogP contribution in [0.5, 0.6) is 5.75 Å². The summed E-state index contributed by atoms with van der Waals surface area (Å²) in [5.74, 6) is 1.26. The highest BCUT2D eigenvalue weighted by molar-refractivity contribution is 5.81. The molecule has 2 heterocycles. The molecular formula is C46H34N2O. The highest BCUT2D eigenvalue weighted by atomic mass is 16.7. The van der Waals surface area contributed by atoms with Gasteiger partial charge >= 0.3 is 0 Å². The second-order valence-electron chi connectivity index (χ2n) is 13.4. The predicted octanol–water partition coefficient (Wildman–Crippen LogP) is 11.3. The number of hydrogen-bond donors (Lipinski definition) is 0. The van der Waals surface area contributed by atoms with Crippen molar-refractivity contribution in [2.75, 3.05) is 9.96 Å². The molecule has 0 fully saturated rings. The van der Waals surface area contributed by atoms with Crippen LogP contribution in [0, 0.1) is 0 Å². The van der Waals surface area contributed by atoms with Gasteiger partial charge in [-0.1, -0.05) is 115 Å². The van der Waals surface area contributed by atoms with Gasteiger partial charge in [-0.25, -0.2) is 0 Å². The van der Waals surface area contributed by atoms with Crippen LogP contribution in [-0.4, -0.2) is 6.04 Å². The molecule has 0 radical (unpaired) electrons. The molecule has 2 aliphatic heterocycles. The fraction of sp³-hybridized carbons (Fsp3) is 0.0870.